The third kappa shape index (κ3) is 3.71. The van der Waals surface area contributed by atoms with E-state index in [-0.39, 0.29) is 17.4 Å². The second kappa shape index (κ2) is 6.19. The summed E-state index contributed by atoms with van der Waals surface area (Å²) in [4.78, 5) is 28.3. The molecule has 4 nitrogen and oxygen atoms in total. The first kappa shape index (κ1) is 17.8. The van der Waals surface area contributed by atoms with E-state index >= 15 is 0 Å². The molecule has 0 bridgehead atoms. The second-order valence-corrected chi connectivity index (χ2v) is 7.52. The van der Waals surface area contributed by atoms with Crippen LogP contribution < -0.4 is 5.32 Å². The van der Waals surface area contributed by atoms with Crippen LogP contribution in [0.4, 0.5) is 8.78 Å². The Balaban J connectivity index is 2.09. The minimum absolute atomic E-state index is 0.0178. The van der Waals surface area contributed by atoms with Crippen LogP contribution in [0, 0.1) is 0 Å². The molecule has 126 valence electrons. The van der Waals surface area contributed by atoms with Gasteiger partial charge in [0.1, 0.15) is 10.5 Å². The van der Waals surface area contributed by atoms with Crippen LogP contribution in [-0.2, 0) is 9.59 Å². The number of rotatable bonds is 3. The number of alkyl halides is 2. The van der Waals surface area contributed by atoms with E-state index in [9.17, 15) is 18.4 Å². The van der Waals surface area contributed by atoms with Gasteiger partial charge >= 0.3 is 0 Å². The van der Waals surface area contributed by atoms with Gasteiger partial charge in [0.15, 0.2) is 5.17 Å². The summed E-state index contributed by atoms with van der Waals surface area (Å²) in [5.41, 5.74) is 0.160. The van der Waals surface area contributed by atoms with Crippen LogP contribution in [0.15, 0.2) is 28.3 Å². The fraction of sp³-hybridized carbons (Fsp3) is 0.562. The SMILES string of the molecule is CC(=O)C1(C)SC(NC(=O)C2=CC(C(C)(F)F)=CCC2)=NC1C. The van der Waals surface area contributed by atoms with Gasteiger partial charge in [-0.15, -0.1) is 0 Å². The fourth-order valence-electron chi connectivity index (χ4n) is 2.40. The van der Waals surface area contributed by atoms with E-state index in [1.54, 1.807) is 6.92 Å². The number of ketones is 1. The zero-order chi connectivity index (χ0) is 17.4. The molecule has 1 amide bonds. The number of nitrogens with zero attached hydrogens (tertiary/aromatic N) is 1. The largest absolute Gasteiger partial charge is 0.302 e. The lowest BCUT2D eigenvalue weighted by atomic mass is 9.96. The number of allylic oxidation sites excluding steroid dienone is 3. The van der Waals surface area contributed by atoms with Gasteiger partial charge in [0.2, 0.25) is 0 Å². The van der Waals surface area contributed by atoms with Crippen LogP contribution in [-0.4, -0.2) is 33.6 Å². The molecular weight excluding hydrogens is 322 g/mol. The molecule has 0 aromatic rings. The summed E-state index contributed by atoms with van der Waals surface area (Å²) in [5.74, 6) is -3.42. The van der Waals surface area contributed by atoms with E-state index in [4.69, 9.17) is 0 Å². The molecule has 2 unspecified atom stereocenters. The van der Waals surface area contributed by atoms with Crippen LogP contribution in [0.5, 0.6) is 0 Å². The van der Waals surface area contributed by atoms with Gasteiger partial charge < -0.3 is 5.32 Å². The summed E-state index contributed by atoms with van der Waals surface area (Å²) in [6, 6.07) is -0.254. The Labute approximate surface area is 138 Å². The van der Waals surface area contributed by atoms with E-state index in [0.29, 0.717) is 23.6 Å². The van der Waals surface area contributed by atoms with E-state index in [1.165, 1.54) is 30.8 Å². The standard InChI is InChI=1S/C16H20F2N2O2S/c1-9-15(3,10(2)21)23-14(19-9)20-13(22)11-6-5-7-12(8-11)16(4,17)18/h7-9H,5-6H2,1-4H3,(H,19,20,22). The topological polar surface area (TPSA) is 58.5 Å². The van der Waals surface area contributed by atoms with Crippen molar-refractivity contribution >= 4 is 28.6 Å². The summed E-state index contributed by atoms with van der Waals surface area (Å²) >= 11 is 1.21. The molecule has 1 aliphatic carbocycles. The van der Waals surface area contributed by atoms with Gasteiger partial charge in [0.05, 0.1) is 6.04 Å². The molecule has 2 rings (SSSR count). The molecule has 1 N–H and O–H groups in total. The zero-order valence-corrected chi connectivity index (χ0v) is 14.4. The lowest BCUT2D eigenvalue weighted by molar-refractivity contribution is -0.119. The molecule has 2 atom stereocenters. The third-order valence-electron chi connectivity index (χ3n) is 4.24. The molecule has 23 heavy (non-hydrogen) atoms. The van der Waals surface area contributed by atoms with Gasteiger partial charge in [-0.25, -0.2) is 8.78 Å². The molecule has 1 aliphatic heterocycles. The first-order chi connectivity index (χ1) is 10.5. The highest BCUT2D eigenvalue weighted by Gasteiger charge is 2.43. The molecule has 0 saturated heterocycles. The molecule has 0 fully saturated rings. The Morgan fingerprint density at radius 1 is 1.48 bits per heavy atom. The summed E-state index contributed by atoms with van der Waals surface area (Å²) in [6.45, 7) is 5.90. The minimum Gasteiger partial charge on any atom is -0.302 e. The van der Waals surface area contributed by atoms with Crippen molar-refractivity contribution < 1.29 is 18.4 Å². The normalized spacial score (nSPS) is 27.9. The van der Waals surface area contributed by atoms with Gasteiger partial charge in [0, 0.05) is 18.1 Å². The third-order valence-corrected chi connectivity index (χ3v) is 5.70. The number of hydrogen-bond donors (Lipinski definition) is 1. The van der Waals surface area contributed by atoms with E-state index in [0.717, 1.165) is 6.92 Å². The van der Waals surface area contributed by atoms with E-state index in [1.807, 2.05) is 6.92 Å². The number of thioether (sulfide) groups is 1. The second-order valence-electron chi connectivity index (χ2n) is 6.09. The lowest BCUT2D eigenvalue weighted by Crippen LogP contribution is -2.37. The number of carbonyl (C=O) groups excluding carboxylic acids is 2. The van der Waals surface area contributed by atoms with Crippen molar-refractivity contribution in [2.24, 2.45) is 4.99 Å². The number of carbonyl (C=O) groups is 2. The molecule has 1 heterocycles. The average molecular weight is 342 g/mol. The number of halogens is 2. The van der Waals surface area contributed by atoms with Gasteiger partial charge in [0.25, 0.3) is 11.8 Å². The van der Waals surface area contributed by atoms with Crippen molar-refractivity contribution in [3.8, 4) is 0 Å². The first-order valence-electron chi connectivity index (χ1n) is 7.42. The predicted molar refractivity (Wildman–Crippen MR) is 87.7 cm³/mol. The molecule has 0 saturated carbocycles. The van der Waals surface area contributed by atoms with Crippen molar-refractivity contribution in [2.75, 3.05) is 0 Å². The summed E-state index contributed by atoms with van der Waals surface area (Å²) < 4.78 is 26.1. The summed E-state index contributed by atoms with van der Waals surface area (Å²) in [6.07, 6.45) is 3.50. The Hall–Kier alpha value is -1.50. The Kier molecular flexibility index (Phi) is 4.80. The van der Waals surface area contributed by atoms with Gasteiger partial charge in [-0.3, -0.25) is 14.6 Å². The van der Waals surface area contributed by atoms with Crippen LogP contribution in [0.2, 0.25) is 0 Å². The number of Topliss-reactive ketones (excluding diaryl/α,β-unsaturated/α-hetero) is 1. The Morgan fingerprint density at radius 3 is 2.65 bits per heavy atom. The van der Waals surface area contributed by atoms with Crippen LogP contribution in [0.25, 0.3) is 0 Å². The lowest BCUT2D eigenvalue weighted by Gasteiger charge is -2.23. The zero-order valence-electron chi connectivity index (χ0n) is 13.6. The fourth-order valence-corrected chi connectivity index (χ4v) is 3.52. The molecule has 0 aromatic heterocycles. The minimum atomic E-state index is -2.96. The highest BCUT2D eigenvalue weighted by atomic mass is 32.2. The molecule has 0 aromatic carbocycles. The first-order valence-corrected chi connectivity index (χ1v) is 8.24. The number of hydrogen-bond acceptors (Lipinski definition) is 4. The van der Waals surface area contributed by atoms with Crippen molar-refractivity contribution in [1.82, 2.24) is 5.32 Å². The highest BCUT2D eigenvalue weighted by Crippen LogP contribution is 2.38. The maximum Gasteiger partial charge on any atom is 0.270 e. The number of amides is 1. The van der Waals surface area contributed by atoms with Crippen molar-refractivity contribution in [2.45, 2.75) is 57.2 Å². The smallest absolute Gasteiger partial charge is 0.270 e. The maximum absolute atomic E-state index is 13.4. The Morgan fingerprint density at radius 2 is 2.13 bits per heavy atom. The molecule has 7 heteroatoms. The number of amidine groups is 1. The molecule has 0 spiro atoms. The van der Waals surface area contributed by atoms with Gasteiger partial charge in [-0.2, -0.15) is 0 Å². The van der Waals surface area contributed by atoms with Gasteiger partial charge in [-0.1, -0.05) is 17.8 Å². The average Bonchev–Trinajstić information content (AvgIpc) is 2.74. The Bertz CT molecular complexity index is 634. The molecule has 0 radical (unpaired) electrons. The van der Waals surface area contributed by atoms with Gasteiger partial charge in [-0.05, 0) is 39.7 Å². The van der Waals surface area contributed by atoms with Crippen molar-refractivity contribution in [1.29, 1.82) is 0 Å². The van der Waals surface area contributed by atoms with E-state index in [2.05, 4.69) is 10.3 Å². The number of nitrogens with one attached hydrogen (secondary N) is 1. The monoisotopic (exact) mass is 342 g/mol. The van der Waals surface area contributed by atoms with Crippen molar-refractivity contribution in [3.63, 3.8) is 0 Å². The quantitative estimate of drug-likeness (QED) is 0.856. The molecular formula is C16H20F2N2O2S. The van der Waals surface area contributed by atoms with Crippen LogP contribution >= 0.6 is 11.8 Å². The summed E-state index contributed by atoms with van der Waals surface area (Å²) in [5, 5.41) is 3.00. The van der Waals surface area contributed by atoms with Crippen LogP contribution in [0.1, 0.15) is 40.5 Å². The number of aliphatic imine (C=N–C) groups is 1. The summed E-state index contributed by atoms with van der Waals surface area (Å²) in [7, 11) is 0. The van der Waals surface area contributed by atoms with Crippen LogP contribution in [0.3, 0.4) is 0 Å². The molecule has 2 aliphatic rings. The van der Waals surface area contributed by atoms with Crippen molar-refractivity contribution in [3.05, 3.63) is 23.3 Å². The maximum atomic E-state index is 13.4. The van der Waals surface area contributed by atoms with E-state index < -0.39 is 16.6 Å². The highest BCUT2D eigenvalue weighted by molar-refractivity contribution is 8.16. The predicted octanol–water partition coefficient (Wildman–Crippen LogP) is 3.24.